The first-order chi connectivity index (χ1) is 9.54. The molecule has 0 spiro atoms. The minimum absolute atomic E-state index is 0.00163. The van der Waals surface area contributed by atoms with Crippen LogP contribution in [0.3, 0.4) is 0 Å². The Morgan fingerprint density at radius 3 is 2.70 bits per heavy atom. The van der Waals surface area contributed by atoms with E-state index in [0.717, 1.165) is 6.42 Å². The van der Waals surface area contributed by atoms with Crippen molar-refractivity contribution in [3.63, 3.8) is 0 Å². The molecule has 3 atom stereocenters. The zero-order valence-corrected chi connectivity index (χ0v) is 11.4. The smallest absolute Gasteiger partial charge is 0.223 e. The van der Waals surface area contributed by atoms with Gasteiger partial charge in [-0.05, 0) is 25.0 Å². The summed E-state index contributed by atoms with van der Waals surface area (Å²) in [5.74, 6) is -2.23. The van der Waals surface area contributed by atoms with Gasteiger partial charge in [0.25, 0.3) is 0 Å². The molecule has 0 bridgehead atoms. The van der Waals surface area contributed by atoms with E-state index in [1.807, 2.05) is 6.92 Å². The summed E-state index contributed by atoms with van der Waals surface area (Å²) < 4.78 is 27.2. The van der Waals surface area contributed by atoms with E-state index < -0.39 is 23.7 Å². The van der Waals surface area contributed by atoms with Gasteiger partial charge >= 0.3 is 0 Å². The molecule has 110 valence electrons. The third-order valence-corrected chi connectivity index (χ3v) is 3.63. The van der Waals surface area contributed by atoms with Gasteiger partial charge in [-0.25, -0.2) is 8.78 Å². The zero-order chi connectivity index (χ0) is 14.7. The fourth-order valence-corrected chi connectivity index (χ4v) is 2.45. The molecule has 1 aromatic rings. The van der Waals surface area contributed by atoms with Gasteiger partial charge < -0.3 is 10.4 Å². The second kappa shape index (κ2) is 6.31. The number of rotatable bonds is 6. The van der Waals surface area contributed by atoms with Crippen molar-refractivity contribution >= 4 is 5.91 Å². The lowest BCUT2D eigenvalue weighted by Crippen LogP contribution is -2.33. The molecule has 1 aliphatic carbocycles. The van der Waals surface area contributed by atoms with E-state index in [2.05, 4.69) is 5.32 Å². The van der Waals surface area contributed by atoms with Crippen LogP contribution in [-0.4, -0.2) is 23.7 Å². The van der Waals surface area contributed by atoms with Crippen molar-refractivity contribution in [2.75, 3.05) is 6.54 Å². The van der Waals surface area contributed by atoms with Crippen molar-refractivity contribution in [1.29, 1.82) is 0 Å². The highest BCUT2D eigenvalue weighted by Crippen LogP contribution is 2.49. The SMILES string of the molecule is CCCC(O)CNC(=O)C1CC1c1c(F)cccc1F. The molecule has 2 rings (SSSR count). The number of halogens is 2. The van der Waals surface area contributed by atoms with Crippen LogP contribution >= 0.6 is 0 Å². The van der Waals surface area contributed by atoms with Crippen LogP contribution in [0.25, 0.3) is 0 Å². The molecule has 0 heterocycles. The Hall–Kier alpha value is -1.49. The maximum atomic E-state index is 13.6. The molecule has 3 unspecified atom stereocenters. The van der Waals surface area contributed by atoms with Crippen molar-refractivity contribution in [1.82, 2.24) is 5.32 Å². The first kappa shape index (κ1) is 14.9. The minimum Gasteiger partial charge on any atom is -0.391 e. The molecule has 1 saturated carbocycles. The van der Waals surface area contributed by atoms with E-state index in [1.165, 1.54) is 18.2 Å². The third kappa shape index (κ3) is 3.33. The van der Waals surface area contributed by atoms with Gasteiger partial charge in [0.05, 0.1) is 6.10 Å². The number of aliphatic hydroxyl groups excluding tert-OH is 1. The van der Waals surface area contributed by atoms with Crippen LogP contribution in [-0.2, 0) is 4.79 Å². The molecular formula is C15H19F2NO2. The average molecular weight is 283 g/mol. The van der Waals surface area contributed by atoms with Crippen LogP contribution in [0.4, 0.5) is 8.78 Å². The first-order valence-electron chi connectivity index (χ1n) is 6.94. The number of carbonyl (C=O) groups excluding carboxylic acids is 1. The molecule has 2 N–H and O–H groups in total. The summed E-state index contributed by atoms with van der Waals surface area (Å²) in [5, 5.41) is 12.2. The van der Waals surface area contributed by atoms with Gasteiger partial charge in [0.1, 0.15) is 11.6 Å². The normalized spacial score (nSPS) is 22.4. The zero-order valence-electron chi connectivity index (χ0n) is 11.4. The predicted molar refractivity (Wildman–Crippen MR) is 71.1 cm³/mol. The highest BCUT2D eigenvalue weighted by molar-refractivity contribution is 5.82. The first-order valence-corrected chi connectivity index (χ1v) is 6.94. The van der Waals surface area contributed by atoms with Crippen molar-refractivity contribution < 1.29 is 18.7 Å². The monoisotopic (exact) mass is 283 g/mol. The highest BCUT2D eigenvalue weighted by atomic mass is 19.1. The summed E-state index contributed by atoms with van der Waals surface area (Å²) in [4.78, 5) is 11.9. The Balaban J connectivity index is 1.90. The second-order valence-corrected chi connectivity index (χ2v) is 5.27. The quantitative estimate of drug-likeness (QED) is 0.842. The van der Waals surface area contributed by atoms with Crippen LogP contribution in [0.1, 0.15) is 37.7 Å². The van der Waals surface area contributed by atoms with Crippen LogP contribution in [0, 0.1) is 17.6 Å². The summed E-state index contributed by atoms with van der Waals surface area (Å²) in [5.41, 5.74) is 0.00163. The van der Waals surface area contributed by atoms with Gasteiger partial charge in [-0.3, -0.25) is 4.79 Å². The molecule has 1 aromatic carbocycles. The molecule has 0 saturated heterocycles. The molecular weight excluding hydrogens is 264 g/mol. The van der Waals surface area contributed by atoms with Crippen molar-refractivity contribution in [2.24, 2.45) is 5.92 Å². The van der Waals surface area contributed by atoms with Gasteiger partial charge in [0.15, 0.2) is 0 Å². The van der Waals surface area contributed by atoms with Gasteiger partial charge in [-0.1, -0.05) is 19.4 Å². The van der Waals surface area contributed by atoms with E-state index >= 15 is 0 Å². The summed E-state index contributed by atoms with van der Waals surface area (Å²) in [7, 11) is 0. The van der Waals surface area contributed by atoms with Gasteiger partial charge in [-0.2, -0.15) is 0 Å². The Labute approximate surface area is 117 Å². The molecule has 1 aliphatic rings. The summed E-state index contributed by atoms with van der Waals surface area (Å²) >= 11 is 0. The standard InChI is InChI=1S/C15H19F2NO2/c1-2-4-9(19)8-18-15(20)11-7-10(11)14-12(16)5-3-6-13(14)17/h3,5-6,9-11,19H,2,4,7-8H2,1H3,(H,18,20). The molecule has 3 nitrogen and oxygen atoms in total. The average Bonchev–Trinajstić information content (AvgIpc) is 3.16. The topological polar surface area (TPSA) is 49.3 Å². The number of amides is 1. The van der Waals surface area contributed by atoms with Crippen molar-refractivity contribution in [2.45, 2.75) is 38.2 Å². The molecule has 1 fully saturated rings. The van der Waals surface area contributed by atoms with E-state index in [1.54, 1.807) is 0 Å². The Morgan fingerprint density at radius 2 is 2.10 bits per heavy atom. The number of benzene rings is 1. The lowest BCUT2D eigenvalue weighted by molar-refractivity contribution is -0.122. The molecule has 0 radical (unpaired) electrons. The Kier molecular flexibility index (Phi) is 4.70. The van der Waals surface area contributed by atoms with Crippen LogP contribution in [0.5, 0.6) is 0 Å². The Morgan fingerprint density at radius 1 is 1.45 bits per heavy atom. The molecule has 1 amide bonds. The molecule has 20 heavy (non-hydrogen) atoms. The van der Waals surface area contributed by atoms with Crippen LogP contribution < -0.4 is 5.32 Å². The van der Waals surface area contributed by atoms with E-state index in [9.17, 15) is 18.7 Å². The fourth-order valence-electron chi connectivity index (χ4n) is 2.45. The summed E-state index contributed by atoms with van der Waals surface area (Å²) in [6.45, 7) is 2.14. The van der Waals surface area contributed by atoms with E-state index in [-0.39, 0.29) is 23.9 Å². The number of aliphatic hydroxyl groups is 1. The number of hydrogen-bond donors (Lipinski definition) is 2. The number of hydrogen-bond acceptors (Lipinski definition) is 2. The maximum absolute atomic E-state index is 13.6. The molecule has 0 aromatic heterocycles. The predicted octanol–water partition coefficient (Wildman–Crippen LogP) is 2.35. The maximum Gasteiger partial charge on any atom is 0.223 e. The number of nitrogens with one attached hydrogen (secondary N) is 1. The van der Waals surface area contributed by atoms with E-state index in [4.69, 9.17) is 0 Å². The van der Waals surface area contributed by atoms with E-state index in [0.29, 0.717) is 12.8 Å². The van der Waals surface area contributed by atoms with Crippen LogP contribution in [0.15, 0.2) is 18.2 Å². The lowest BCUT2D eigenvalue weighted by Gasteiger charge is -2.10. The van der Waals surface area contributed by atoms with Gasteiger partial charge in [0.2, 0.25) is 5.91 Å². The molecule has 0 aliphatic heterocycles. The highest BCUT2D eigenvalue weighted by Gasteiger charge is 2.46. The minimum atomic E-state index is -0.601. The fraction of sp³-hybridized carbons (Fsp3) is 0.533. The van der Waals surface area contributed by atoms with Gasteiger partial charge in [0, 0.05) is 23.9 Å². The number of carbonyl (C=O) groups is 1. The third-order valence-electron chi connectivity index (χ3n) is 3.63. The lowest BCUT2D eigenvalue weighted by atomic mass is 10.1. The van der Waals surface area contributed by atoms with Gasteiger partial charge in [-0.15, -0.1) is 0 Å². The largest absolute Gasteiger partial charge is 0.391 e. The Bertz CT molecular complexity index is 473. The second-order valence-electron chi connectivity index (χ2n) is 5.27. The van der Waals surface area contributed by atoms with Crippen LogP contribution in [0.2, 0.25) is 0 Å². The summed E-state index contributed by atoms with van der Waals surface area (Å²) in [6.07, 6.45) is 1.35. The van der Waals surface area contributed by atoms with Crippen molar-refractivity contribution in [3.05, 3.63) is 35.4 Å². The van der Waals surface area contributed by atoms with Crippen molar-refractivity contribution in [3.8, 4) is 0 Å². The summed E-state index contributed by atoms with van der Waals surface area (Å²) in [6, 6.07) is 3.72. The molecule has 5 heteroatoms.